The van der Waals surface area contributed by atoms with Crippen LogP contribution in [0, 0.1) is 6.92 Å². The largest absolute Gasteiger partial charge is 0.340 e. The van der Waals surface area contributed by atoms with Gasteiger partial charge in [-0.05, 0) is 25.0 Å². The zero-order valence-electron chi connectivity index (χ0n) is 15.0. The second-order valence-electron chi connectivity index (χ2n) is 6.50. The van der Waals surface area contributed by atoms with Crippen LogP contribution in [0.3, 0.4) is 0 Å². The van der Waals surface area contributed by atoms with Crippen molar-refractivity contribution >= 4 is 6.03 Å². The van der Waals surface area contributed by atoms with Gasteiger partial charge in [0, 0.05) is 31.5 Å². The normalized spacial score (nSPS) is 17.1. The van der Waals surface area contributed by atoms with Crippen LogP contribution in [0.1, 0.15) is 36.3 Å². The van der Waals surface area contributed by atoms with E-state index in [2.05, 4.69) is 25.6 Å². The van der Waals surface area contributed by atoms with Gasteiger partial charge >= 0.3 is 6.03 Å². The number of amides is 2. The molecule has 1 unspecified atom stereocenters. The molecule has 0 bridgehead atoms. The van der Waals surface area contributed by atoms with Crippen LogP contribution in [0.25, 0.3) is 11.5 Å². The third kappa shape index (κ3) is 3.97. The summed E-state index contributed by atoms with van der Waals surface area (Å²) in [5.74, 6) is 2.17. The maximum absolute atomic E-state index is 12.5. The van der Waals surface area contributed by atoms with Crippen molar-refractivity contribution in [1.82, 2.24) is 30.5 Å². The lowest BCUT2D eigenvalue weighted by atomic mass is 9.98. The molecule has 2 amide bonds. The van der Waals surface area contributed by atoms with E-state index in [1.54, 1.807) is 11.8 Å². The number of likely N-dealkylation sites (tertiary alicyclic amines) is 1. The van der Waals surface area contributed by atoms with E-state index in [-0.39, 0.29) is 18.5 Å². The zero-order valence-corrected chi connectivity index (χ0v) is 15.0. The molecule has 1 aliphatic heterocycles. The monoisotopic (exact) mass is 368 g/mol. The summed E-state index contributed by atoms with van der Waals surface area (Å²) in [5.41, 5.74) is 0.844. The van der Waals surface area contributed by atoms with Crippen LogP contribution in [0.15, 0.2) is 39.4 Å². The van der Waals surface area contributed by atoms with Gasteiger partial charge in [-0.25, -0.2) is 4.79 Å². The van der Waals surface area contributed by atoms with Gasteiger partial charge in [0.2, 0.25) is 5.89 Å². The molecule has 3 aromatic rings. The Morgan fingerprint density at radius 2 is 2.07 bits per heavy atom. The van der Waals surface area contributed by atoms with Crippen molar-refractivity contribution in [3.8, 4) is 11.5 Å². The summed E-state index contributed by atoms with van der Waals surface area (Å²) < 4.78 is 10.3. The van der Waals surface area contributed by atoms with Gasteiger partial charge in [-0.3, -0.25) is 0 Å². The molecule has 0 radical (unpaired) electrons. The van der Waals surface area contributed by atoms with Gasteiger partial charge < -0.3 is 19.3 Å². The van der Waals surface area contributed by atoms with Gasteiger partial charge in [0.05, 0.1) is 6.54 Å². The summed E-state index contributed by atoms with van der Waals surface area (Å²) in [5, 5.41) is 10.8. The highest BCUT2D eigenvalue weighted by Gasteiger charge is 2.27. The number of hydrogen-bond acceptors (Lipinski definition) is 7. The maximum Gasteiger partial charge on any atom is 0.317 e. The average Bonchev–Trinajstić information content (AvgIpc) is 3.36. The molecule has 3 heterocycles. The molecule has 2 aromatic heterocycles. The summed E-state index contributed by atoms with van der Waals surface area (Å²) in [6.07, 6.45) is 1.83. The number of urea groups is 1. The summed E-state index contributed by atoms with van der Waals surface area (Å²) >= 11 is 0. The highest BCUT2D eigenvalue weighted by atomic mass is 16.5. The standard InChI is InChI=1S/C18H20N6O3/c1-12-20-16(23-26-12)14-8-5-9-24(11-14)18(25)19-10-15-21-17(27-22-15)13-6-3-2-4-7-13/h2-4,6-7,14H,5,8-11H2,1H3,(H,19,25). The number of carbonyl (C=O) groups is 1. The van der Waals surface area contributed by atoms with Crippen molar-refractivity contribution in [2.24, 2.45) is 0 Å². The Morgan fingerprint density at radius 1 is 1.22 bits per heavy atom. The minimum absolute atomic E-state index is 0.0943. The predicted octanol–water partition coefficient (Wildman–Crippen LogP) is 2.52. The van der Waals surface area contributed by atoms with E-state index in [1.165, 1.54) is 0 Å². The maximum atomic E-state index is 12.5. The second-order valence-corrected chi connectivity index (χ2v) is 6.50. The Labute approximate surface area is 155 Å². The molecule has 1 aromatic carbocycles. The molecule has 0 saturated carbocycles. The van der Waals surface area contributed by atoms with Crippen LogP contribution in [0.5, 0.6) is 0 Å². The first-order valence-electron chi connectivity index (χ1n) is 8.90. The Morgan fingerprint density at radius 3 is 2.85 bits per heavy atom. The number of piperidine rings is 1. The summed E-state index contributed by atoms with van der Waals surface area (Å²) in [6.45, 7) is 3.23. The molecular weight excluding hydrogens is 348 g/mol. The molecule has 4 rings (SSSR count). The number of aryl methyl sites for hydroxylation is 1. The van der Waals surface area contributed by atoms with Gasteiger partial charge in [0.25, 0.3) is 5.89 Å². The minimum atomic E-state index is -0.161. The van der Waals surface area contributed by atoms with Gasteiger partial charge in [0.15, 0.2) is 11.6 Å². The van der Waals surface area contributed by atoms with E-state index >= 15 is 0 Å². The van der Waals surface area contributed by atoms with Crippen molar-refractivity contribution in [3.05, 3.63) is 47.9 Å². The molecule has 27 heavy (non-hydrogen) atoms. The van der Waals surface area contributed by atoms with Crippen LogP contribution in [0.2, 0.25) is 0 Å². The van der Waals surface area contributed by atoms with Crippen molar-refractivity contribution < 1.29 is 13.8 Å². The molecule has 1 saturated heterocycles. The van der Waals surface area contributed by atoms with Gasteiger partial charge in [-0.15, -0.1) is 0 Å². The van der Waals surface area contributed by atoms with Crippen molar-refractivity contribution in [2.45, 2.75) is 32.2 Å². The van der Waals surface area contributed by atoms with E-state index in [4.69, 9.17) is 9.05 Å². The van der Waals surface area contributed by atoms with Crippen LogP contribution in [0.4, 0.5) is 4.79 Å². The molecule has 1 fully saturated rings. The van der Waals surface area contributed by atoms with Crippen molar-refractivity contribution in [3.63, 3.8) is 0 Å². The molecule has 9 heteroatoms. The van der Waals surface area contributed by atoms with E-state index in [0.29, 0.717) is 36.5 Å². The lowest BCUT2D eigenvalue weighted by Gasteiger charge is -2.31. The van der Waals surface area contributed by atoms with Gasteiger partial charge in [-0.2, -0.15) is 9.97 Å². The van der Waals surface area contributed by atoms with Gasteiger partial charge in [0.1, 0.15) is 0 Å². The minimum Gasteiger partial charge on any atom is -0.340 e. The predicted molar refractivity (Wildman–Crippen MR) is 94.6 cm³/mol. The number of hydrogen-bond donors (Lipinski definition) is 1. The Balaban J connectivity index is 1.33. The molecule has 1 aliphatic rings. The molecule has 0 aliphatic carbocycles. The first kappa shape index (κ1) is 17.2. The number of nitrogens with zero attached hydrogens (tertiary/aromatic N) is 5. The zero-order chi connectivity index (χ0) is 18.6. The highest BCUT2D eigenvalue weighted by molar-refractivity contribution is 5.74. The fraction of sp³-hybridized carbons (Fsp3) is 0.389. The van der Waals surface area contributed by atoms with Crippen molar-refractivity contribution in [2.75, 3.05) is 13.1 Å². The topological polar surface area (TPSA) is 110 Å². The van der Waals surface area contributed by atoms with E-state index in [0.717, 1.165) is 18.4 Å². The molecule has 1 N–H and O–H groups in total. The number of aromatic nitrogens is 4. The van der Waals surface area contributed by atoms with Gasteiger partial charge in [-0.1, -0.05) is 28.5 Å². The lowest BCUT2D eigenvalue weighted by molar-refractivity contribution is 0.177. The Bertz CT molecular complexity index is 907. The second kappa shape index (κ2) is 7.56. The first-order valence-corrected chi connectivity index (χ1v) is 8.90. The van der Waals surface area contributed by atoms with E-state index in [9.17, 15) is 4.79 Å². The van der Waals surface area contributed by atoms with E-state index in [1.807, 2.05) is 30.3 Å². The molecule has 140 valence electrons. The third-order valence-electron chi connectivity index (χ3n) is 4.50. The number of nitrogens with one attached hydrogen (secondary N) is 1. The van der Waals surface area contributed by atoms with Crippen molar-refractivity contribution in [1.29, 1.82) is 0 Å². The van der Waals surface area contributed by atoms with Crippen LogP contribution in [-0.4, -0.2) is 44.3 Å². The number of carbonyl (C=O) groups excluding carboxylic acids is 1. The average molecular weight is 368 g/mol. The summed E-state index contributed by atoms with van der Waals surface area (Å²) in [6, 6.07) is 9.35. The number of benzene rings is 1. The summed E-state index contributed by atoms with van der Waals surface area (Å²) in [7, 11) is 0. The lowest BCUT2D eigenvalue weighted by Crippen LogP contribution is -2.45. The van der Waals surface area contributed by atoms with Crippen LogP contribution < -0.4 is 5.32 Å². The number of rotatable bonds is 4. The Kier molecular flexibility index (Phi) is 4.82. The van der Waals surface area contributed by atoms with E-state index < -0.39 is 0 Å². The Hall–Kier alpha value is -3.23. The molecule has 9 nitrogen and oxygen atoms in total. The molecule has 1 atom stereocenters. The summed E-state index contributed by atoms with van der Waals surface area (Å²) in [4.78, 5) is 22.9. The fourth-order valence-corrected chi connectivity index (χ4v) is 3.14. The third-order valence-corrected chi connectivity index (χ3v) is 4.50. The molecular formula is C18H20N6O3. The quantitative estimate of drug-likeness (QED) is 0.753. The first-order chi connectivity index (χ1) is 13.2. The SMILES string of the molecule is Cc1nc(C2CCCN(C(=O)NCc3noc(-c4ccccc4)n3)C2)no1. The molecule has 0 spiro atoms. The van der Waals surface area contributed by atoms with Crippen LogP contribution >= 0.6 is 0 Å². The van der Waals surface area contributed by atoms with Crippen LogP contribution in [-0.2, 0) is 6.54 Å². The smallest absolute Gasteiger partial charge is 0.317 e. The highest BCUT2D eigenvalue weighted by Crippen LogP contribution is 2.24. The fourth-order valence-electron chi connectivity index (χ4n) is 3.14.